The lowest BCUT2D eigenvalue weighted by atomic mass is 10.2. The van der Waals surface area contributed by atoms with Crippen LogP contribution in [-0.4, -0.2) is 58.1 Å². The van der Waals surface area contributed by atoms with Crippen molar-refractivity contribution in [3.05, 3.63) is 66.4 Å². The predicted molar refractivity (Wildman–Crippen MR) is 120 cm³/mol. The van der Waals surface area contributed by atoms with Crippen LogP contribution < -0.4 is 10.2 Å². The fourth-order valence-electron chi connectivity index (χ4n) is 3.61. The molecular formula is C22H20F2N6OS. The molecule has 10 heteroatoms. The third-order valence-corrected chi connectivity index (χ3v) is 6.29. The minimum absolute atomic E-state index is 0.119. The van der Waals surface area contributed by atoms with Crippen LogP contribution in [-0.2, 0) is 4.79 Å². The Hall–Kier alpha value is -3.37. The molecule has 0 spiro atoms. The van der Waals surface area contributed by atoms with Gasteiger partial charge in [0, 0.05) is 37.4 Å². The molecule has 0 atom stereocenters. The van der Waals surface area contributed by atoms with Gasteiger partial charge in [0.15, 0.2) is 0 Å². The molecule has 0 aliphatic carbocycles. The Morgan fingerprint density at radius 2 is 1.62 bits per heavy atom. The molecule has 32 heavy (non-hydrogen) atoms. The Morgan fingerprint density at radius 3 is 2.28 bits per heavy atom. The molecule has 2 aromatic carbocycles. The van der Waals surface area contributed by atoms with Crippen molar-refractivity contribution in [2.45, 2.75) is 0 Å². The molecule has 0 unspecified atom stereocenters. The second-order valence-electron chi connectivity index (χ2n) is 7.56. The van der Waals surface area contributed by atoms with Gasteiger partial charge in [-0.2, -0.15) is 0 Å². The standard InChI is InChI=1S/C22H20F2N6OS/c23-16-3-1-15(2-4-16)19-13-30-21(26-19)32-22(27-30)29-11-9-28(10-12-29)14-20(31)25-18-7-5-17(24)6-8-18/h1-8,13H,9-12,14H2,(H,25,31). The van der Waals surface area contributed by atoms with Crippen LogP contribution in [0.2, 0.25) is 0 Å². The molecule has 1 saturated heterocycles. The molecule has 164 valence electrons. The van der Waals surface area contributed by atoms with E-state index in [1.807, 2.05) is 6.20 Å². The maximum Gasteiger partial charge on any atom is 0.238 e. The number of aromatic nitrogens is 3. The number of nitrogens with zero attached hydrogens (tertiary/aromatic N) is 5. The number of imidazole rings is 1. The average molecular weight is 455 g/mol. The second kappa shape index (κ2) is 8.64. The largest absolute Gasteiger partial charge is 0.344 e. The lowest BCUT2D eigenvalue weighted by Gasteiger charge is -2.33. The third-order valence-electron chi connectivity index (χ3n) is 5.31. The van der Waals surface area contributed by atoms with Gasteiger partial charge >= 0.3 is 0 Å². The lowest BCUT2D eigenvalue weighted by Crippen LogP contribution is -2.48. The number of amides is 1. The van der Waals surface area contributed by atoms with Gasteiger partial charge in [-0.25, -0.2) is 18.3 Å². The number of anilines is 2. The fourth-order valence-corrected chi connectivity index (χ4v) is 4.55. The molecule has 1 fully saturated rings. The highest BCUT2D eigenvalue weighted by Gasteiger charge is 2.22. The first kappa shape index (κ1) is 20.5. The van der Waals surface area contributed by atoms with E-state index in [1.165, 1.54) is 35.6 Å². The van der Waals surface area contributed by atoms with Crippen molar-refractivity contribution in [3.8, 4) is 11.3 Å². The summed E-state index contributed by atoms with van der Waals surface area (Å²) in [5.74, 6) is -0.728. The molecule has 0 saturated carbocycles. The number of benzene rings is 2. The Morgan fingerprint density at radius 1 is 0.969 bits per heavy atom. The van der Waals surface area contributed by atoms with Crippen LogP contribution >= 0.6 is 11.3 Å². The molecule has 7 nitrogen and oxygen atoms in total. The van der Waals surface area contributed by atoms with E-state index in [4.69, 9.17) is 0 Å². The van der Waals surface area contributed by atoms with Crippen LogP contribution in [0.25, 0.3) is 16.2 Å². The molecule has 2 aromatic heterocycles. The summed E-state index contributed by atoms with van der Waals surface area (Å²) in [6.45, 7) is 3.27. The second-order valence-corrected chi connectivity index (χ2v) is 8.50. The summed E-state index contributed by atoms with van der Waals surface area (Å²) in [6, 6.07) is 12.0. The fraction of sp³-hybridized carbons (Fsp3) is 0.227. The molecule has 0 bridgehead atoms. The van der Waals surface area contributed by atoms with Crippen molar-refractivity contribution in [1.82, 2.24) is 19.5 Å². The van der Waals surface area contributed by atoms with E-state index in [2.05, 4.69) is 25.2 Å². The number of halogens is 2. The summed E-state index contributed by atoms with van der Waals surface area (Å²) >= 11 is 1.50. The zero-order valence-corrected chi connectivity index (χ0v) is 17.9. The number of nitrogens with one attached hydrogen (secondary N) is 1. The number of hydrogen-bond acceptors (Lipinski definition) is 6. The van der Waals surface area contributed by atoms with Crippen LogP contribution in [0.15, 0.2) is 54.7 Å². The molecule has 1 amide bonds. The highest BCUT2D eigenvalue weighted by molar-refractivity contribution is 7.20. The molecule has 1 N–H and O–H groups in total. The normalized spacial score (nSPS) is 14.8. The van der Waals surface area contributed by atoms with Crippen molar-refractivity contribution >= 4 is 33.0 Å². The van der Waals surface area contributed by atoms with Gasteiger partial charge in [0.2, 0.25) is 16.0 Å². The summed E-state index contributed by atoms with van der Waals surface area (Å²) in [5.41, 5.74) is 2.19. The summed E-state index contributed by atoms with van der Waals surface area (Å²) in [5, 5.41) is 8.32. The maximum absolute atomic E-state index is 13.1. The van der Waals surface area contributed by atoms with Crippen LogP contribution in [0, 0.1) is 11.6 Å². The maximum atomic E-state index is 13.1. The number of carbonyl (C=O) groups is 1. The van der Waals surface area contributed by atoms with Crippen LogP contribution in [0.1, 0.15) is 0 Å². The number of rotatable bonds is 5. The Kier molecular flexibility index (Phi) is 5.54. The zero-order chi connectivity index (χ0) is 22.1. The third kappa shape index (κ3) is 4.46. The van der Waals surface area contributed by atoms with Gasteiger partial charge in [-0.1, -0.05) is 11.3 Å². The van der Waals surface area contributed by atoms with E-state index in [0.717, 1.165) is 47.5 Å². The average Bonchev–Trinajstić information content (AvgIpc) is 3.36. The topological polar surface area (TPSA) is 65.8 Å². The molecule has 1 aliphatic rings. The van der Waals surface area contributed by atoms with Gasteiger partial charge in [0.1, 0.15) is 11.6 Å². The Labute approximate surface area is 186 Å². The van der Waals surface area contributed by atoms with E-state index in [0.29, 0.717) is 5.69 Å². The van der Waals surface area contributed by atoms with E-state index in [9.17, 15) is 13.6 Å². The molecule has 3 heterocycles. The molecule has 1 aliphatic heterocycles. The van der Waals surface area contributed by atoms with Crippen molar-refractivity contribution in [3.63, 3.8) is 0 Å². The number of hydrogen-bond donors (Lipinski definition) is 1. The number of fused-ring (bicyclic) bond motifs is 1. The minimum Gasteiger partial charge on any atom is -0.344 e. The van der Waals surface area contributed by atoms with Gasteiger partial charge in [-0.05, 0) is 48.5 Å². The summed E-state index contributed by atoms with van der Waals surface area (Å²) < 4.78 is 27.9. The SMILES string of the molecule is O=C(CN1CCN(c2nn3cc(-c4ccc(F)cc4)nc3s2)CC1)Nc1ccc(F)cc1. The summed E-state index contributed by atoms with van der Waals surface area (Å²) in [7, 11) is 0. The van der Waals surface area contributed by atoms with Crippen molar-refractivity contribution in [1.29, 1.82) is 0 Å². The lowest BCUT2D eigenvalue weighted by molar-refractivity contribution is -0.117. The minimum atomic E-state index is -0.333. The van der Waals surface area contributed by atoms with Gasteiger partial charge in [0.05, 0.1) is 18.4 Å². The predicted octanol–water partition coefficient (Wildman–Crippen LogP) is 3.50. The van der Waals surface area contributed by atoms with Gasteiger partial charge in [-0.15, -0.1) is 5.10 Å². The Balaban J connectivity index is 1.17. The van der Waals surface area contributed by atoms with Gasteiger partial charge in [0.25, 0.3) is 0 Å². The first-order valence-electron chi connectivity index (χ1n) is 10.2. The Bertz CT molecular complexity index is 1200. The van der Waals surface area contributed by atoms with E-state index in [1.54, 1.807) is 28.8 Å². The quantitative estimate of drug-likeness (QED) is 0.500. The highest BCUT2D eigenvalue weighted by atomic mass is 32.1. The zero-order valence-electron chi connectivity index (χ0n) is 17.0. The van der Waals surface area contributed by atoms with Crippen molar-refractivity contribution in [2.75, 3.05) is 42.9 Å². The first-order valence-corrected chi connectivity index (χ1v) is 11.0. The molecule has 0 radical (unpaired) electrons. The molecular weight excluding hydrogens is 434 g/mol. The number of piperazine rings is 1. The summed E-state index contributed by atoms with van der Waals surface area (Å²) in [4.78, 5) is 21.9. The van der Waals surface area contributed by atoms with Crippen molar-refractivity contribution in [2.24, 2.45) is 0 Å². The first-order chi connectivity index (χ1) is 15.5. The van der Waals surface area contributed by atoms with E-state index < -0.39 is 0 Å². The van der Waals surface area contributed by atoms with Crippen LogP contribution in [0.4, 0.5) is 19.6 Å². The smallest absolute Gasteiger partial charge is 0.238 e. The van der Waals surface area contributed by atoms with Crippen LogP contribution in [0.5, 0.6) is 0 Å². The molecule has 5 rings (SSSR count). The van der Waals surface area contributed by atoms with E-state index in [-0.39, 0.29) is 24.1 Å². The van der Waals surface area contributed by atoms with Gasteiger partial charge in [-0.3, -0.25) is 9.69 Å². The summed E-state index contributed by atoms with van der Waals surface area (Å²) in [6.07, 6.45) is 1.85. The molecule has 4 aromatic rings. The highest BCUT2D eigenvalue weighted by Crippen LogP contribution is 2.27. The monoisotopic (exact) mass is 454 g/mol. The van der Waals surface area contributed by atoms with Crippen LogP contribution in [0.3, 0.4) is 0 Å². The van der Waals surface area contributed by atoms with Gasteiger partial charge < -0.3 is 10.2 Å². The van der Waals surface area contributed by atoms with Crippen molar-refractivity contribution < 1.29 is 13.6 Å². The number of carbonyl (C=O) groups excluding carboxylic acids is 1. The van der Waals surface area contributed by atoms with E-state index >= 15 is 0 Å².